The van der Waals surface area contributed by atoms with Crippen LogP contribution in [-0.4, -0.2) is 26.8 Å². The van der Waals surface area contributed by atoms with Crippen molar-refractivity contribution in [2.75, 3.05) is 4.90 Å². The summed E-state index contributed by atoms with van der Waals surface area (Å²) in [5, 5.41) is 10.9. The van der Waals surface area contributed by atoms with Crippen molar-refractivity contribution in [1.29, 1.82) is 0 Å². The van der Waals surface area contributed by atoms with Crippen molar-refractivity contribution in [3.8, 4) is 0 Å². The molecule has 1 amide bonds. The van der Waals surface area contributed by atoms with Gasteiger partial charge in [-0.15, -0.1) is 0 Å². The van der Waals surface area contributed by atoms with Gasteiger partial charge in [0.25, 0.3) is 5.91 Å². The van der Waals surface area contributed by atoms with Gasteiger partial charge in [-0.3, -0.25) is 14.5 Å². The summed E-state index contributed by atoms with van der Waals surface area (Å²) < 4.78 is 0. The third kappa shape index (κ3) is 3.80. The van der Waals surface area contributed by atoms with Crippen molar-refractivity contribution >= 4 is 28.7 Å². The van der Waals surface area contributed by atoms with Crippen LogP contribution in [0.2, 0.25) is 0 Å². The molecule has 6 heteroatoms. The van der Waals surface area contributed by atoms with Crippen molar-refractivity contribution in [1.82, 2.24) is 9.97 Å². The molecule has 0 saturated carbocycles. The second-order valence-corrected chi connectivity index (χ2v) is 8.24. The summed E-state index contributed by atoms with van der Waals surface area (Å²) in [5.41, 5.74) is 4.35. The molecule has 0 bridgehead atoms. The summed E-state index contributed by atoms with van der Waals surface area (Å²) >= 11 is 0. The Balaban J connectivity index is 1.56. The number of imidazole rings is 1. The highest BCUT2D eigenvalue weighted by Gasteiger charge is 2.45. The summed E-state index contributed by atoms with van der Waals surface area (Å²) in [6.07, 6.45) is 0.711. The highest BCUT2D eigenvalue weighted by atomic mass is 16.3. The number of aromatic nitrogens is 2. The minimum atomic E-state index is -0.763. The summed E-state index contributed by atoms with van der Waals surface area (Å²) in [5.74, 6) is -1.11. The minimum Gasteiger partial charge on any atom is -0.503 e. The number of nitrogens with zero attached hydrogens (tertiary/aromatic N) is 2. The molecular formula is C27H23N3O3. The van der Waals surface area contributed by atoms with Crippen LogP contribution in [0.1, 0.15) is 29.2 Å². The molecule has 1 aliphatic heterocycles. The maximum Gasteiger partial charge on any atom is 0.296 e. The average molecular weight is 437 g/mol. The number of aliphatic hydroxyl groups excluding tert-OH is 1. The molecule has 1 atom stereocenters. The van der Waals surface area contributed by atoms with Crippen LogP contribution in [0, 0.1) is 6.92 Å². The molecular weight excluding hydrogens is 414 g/mol. The van der Waals surface area contributed by atoms with E-state index in [0.717, 1.165) is 22.2 Å². The fourth-order valence-electron chi connectivity index (χ4n) is 4.35. The first-order valence-electron chi connectivity index (χ1n) is 10.9. The summed E-state index contributed by atoms with van der Waals surface area (Å²) in [6, 6.07) is 24.0. The fourth-order valence-corrected chi connectivity index (χ4v) is 4.35. The number of fused-ring (bicyclic) bond motifs is 1. The Morgan fingerprint density at radius 2 is 1.79 bits per heavy atom. The van der Waals surface area contributed by atoms with E-state index in [1.807, 2.05) is 85.8 Å². The number of rotatable bonds is 6. The number of nitrogens with one attached hydrogen (secondary N) is 1. The number of aliphatic hydroxyl groups is 1. The first kappa shape index (κ1) is 20.7. The molecule has 2 N–H and O–H groups in total. The Bertz CT molecular complexity index is 1360. The third-order valence-corrected chi connectivity index (χ3v) is 5.96. The number of hydrogen-bond acceptors (Lipinski definition) is 4. The molecule has 6 nitrogen and oxygen atoms in total. The van der Waals surface area contributed by atoms with Gasteiger partial charge in [-0.05, 0) is 36.6 Å². The Hall–Kier alpha value is -4.19. The Labute approximate surface area is 191 Å². The highest BCUT2D eigenvalue weighted by Crippen LogP contribution is 2.41. The lowest BCUT2D eigenvalue weighted by Gasteiger charge is -2.25. The number of hydrogen-bond donors (Lipinski definition) is 2. The standard InChI is InChI=1S/C27H23N3O3/c1-17-8-7-11-19(16-17)24-23(22(31)15-14-18-9-3-2-4-10-18)25(32)26(33)30(24)27-28-20-12-5-6-13-21(20)29-27/h2-13,16,24,32H,14-15H2,1H3,(H,28,29). The van der Waals surface area contributed by atoms with Crippen molar-refractivity contribution in [3.05, 3.63) is 107 Å². The lowest BCUT2D eigenvalue weighted by atomic mass is 9.92. The molecule has 1 aromatic heterocycles. The molecule has 1 aliphatic rings. The van der Waals surface area contributed by atoms with E-state index >= 15 is 0 Å². The van der Waals surface area contributed by atoms with E-state index < -0.39 is 17.7 Å². The first-order chi connectivity index (χ1) is 16.0. The number of amides is 1. The number of carbonyl (C=O) groups excluding carboxylic acids is 2. The Kier molecular flexibility index (Phi) is 5.26. The molecule has 0 spiro atoms. The van der Waals surface area contributed by atoms with Crippen molar-refractivity contribution in [2.45, 2.75) is 25.8 Å². The highest BCUT2D eigenvalue weighted by molar-refractivity contribution is 6.16. The van der Waals surface area contributed by atoms with E-state index in [0.29, 0.717) is 17.9 Å². The van der Waals surface area contributed by atoms with Gasteiger partial charge in [0, 0.05) is 6.42 Å². The Morgan fingerprint density at radius 1 is 1.03 bits per heavy atom. The van der Waals surface area contributed by atoms with E-state index in [1.165, 1.54) is 4.90 Å². The van der Waals surface area contributed by atoms with Crippen molar-refractivity contribution in [2.24, 2.45) is 0 Å². The number of carbonyl (C=O) groups is 2. The van der Waals surface area contributed by atoms with Gasteiger partial charge in [-0.25, -0.2) is 4.98 Å². The lowest BCUT2D eigenvalue weighted by Crippen LogP contribution is -2.32. The molecule has 4 aromatic rings. The quantitative estimate of drug-likeness (QED) is 0.446. The second kappa shape index (κ2) is 8.39. The number of aromatic amines is 1. The van der Waals surface area contributed by atoms with Crippen LogP contribution in [0.15, 0.2) is 90.2 Å². The number of benzene rings is 3. The fraction of sp³-hybridized carbons (Fsp3) is 0.148. The SMILES string of the molecule is Cc1cccc(C2C(C(=O)CCc3ccccc3)=C(O)C(=O)N2c2nc3ccccc3[nH]2)c1. The van der Waals surface area contributed by atoms with Gasteiger partial charge < -0.3 is 10.1 Å². The van der Waals surface area contributed by atoms with Crippen LogP contribution in [0.4, 0.5) is 5.95 Å². The number of aryl methyl sites for hydroxylation is 2. The van der Waals surface area contributed by atoms with Crippen LogP contribution >= 0.6 is 0 Å². The molecule has 0 radical (unpaired) electrons. The van der Waals surface area contributed by atoms with E-state index in [1.54, 1.807) is 0 Å². The molecule has 1 unspecified atom stereocenters. The summed E-state index contributed by atoms with van der Waals surface area (Å²) in [6.45, 7) is 1.95. The Morgan fingerprint density at radius 3 is 2.55 bits per heavy atom. The van der Waals surface area contributed by atoms with E-state index in [9.17, 15) is 14.7 Å². The van der Waals surface area contributed by atoms with Crippen molar-refractivity contribution in [3.63, 3.8) is 0 Å². The van der Waals surface area contributed by atoms with Crippen LogP contribution in [0.5, 0.6) is 0 Å². The minimum absolute atomic E-state index is 0.113. The van der Waals surface area contributed by atoms with Gasteiger partial charge >= 0.3 is 0 Å². The van der Waals surface area contributed by atoms with Gasteiger partial charge in [0.1, 0.15) is 0 Å². The van der Waals surface area contributed by atoms with E-state index in [4.69, 9.17) is 0 Å². The smallest absolute Gasteiger partial charge is 0.296 e. The first-order valence-corrected chi connectivity index (χ1v) is 10.9. The number of Topliss-reactive ketones (excluding diaryl/α,β-unsaturated/α-hetero) is 1. The van der Waals surface area contributed by atoms with Gasteiger partial charge in [0.15, 0.2) is 11.5 Å². The van der Waals surface area contributed by atoms with Crippen molar-refractivity contribution < 1.29 is 14.7 Å². The molecule has 33 heavy (non-hydrogen) atoms. The second-order valence-electron chi connectivity index (χ2n) is 8.24. The zero-order valence-corrected chi connectivity index (χ0v) is 18.2. The molecule has 0 fully saturated rings. The largest absolute Gasteiger partial charge is 0.503 e. The van der Waals surface area contributed by atoms with Crippen LogP contribution in [-0.2, 0) is 16.0 Å². The van der Waals surface area contributed by atoms with Crippen LogP contribution in [0.3, 0.4) is 0 Å². The number of H-pyrrole nitrogens is 1. The molecule has 164 valence electrons. The average Bonchev–Trinajstić information content (AvgIpc) is 3.37. The molecule has 0 aliphatic carbocycles. The summed E-state index contributed by atoms with van der Waals surface area (Å²) in [7, 11) is 0. The molecule has 0 saturated heterocycles. The molecule has 3 aromatic carbocycles. The maximum atomic E-state index is 13.4. The number of para-hydroxylation sites is 2. The molecule has 2 heterocycles. The van der Waals surface area contributed by atoms with Gasteiger partial charge in [0.05, 0.1) is 22.6 Å². The number of anilines is 1. The number of ketones is 1. The monoisotopic (exact) mass is 437 g/mol. The normalized spacial score (nSPS) is 16.1. The van der Waals surface area contributed by atoms with Crippen LogP contribution in [0.25, 0.3) is 11.0 Å². The summed E-state index contributed by atoms with van der Waals surface area (Å²) in [4.78, 5) is 35.7. The van der Waals surface area contributed by atoms with Gasteiger partial charge in [-0.2, -0.15) is 0 Å². The lowest BCUT2D eigenvalue weighted by molar-refractivity contribution is -0.118. The van der Waals surface area contributed by atoms with Crippen LogP contribution < -0.4 is 4.90 Å². The van der Waals surface area contributed by atoms with Gasteiger partial charge in [-0.1, -0.05) is 72.3 Å². The van der Waals surface area contributed by atoms with E-state index in [-0.39, 0.29) is 17.8 Å². The zero-order chi connectivity index (χ0) is 22.9. The maximum absolute atomic E-state index is 13.4. The third-order valence-electron chi connectivity index (χ3n) is 5.96. The predicted octanol–water partition coefficient (Wildman–Crippen LogP) is 4.97. The van der Waals surface area contributed by atoms with Gasteiger partial charge in [0.2, 0.25) is 5.95 Å². The van der Waals surface area contributed by atoms with E-state index in [2.05, 4.69) is 9.97 Å². The predicted molar refractivity (Wildman–Crippen MR) is 127 cm³/mol. The topological polar surface area (TPSA) is 86.3 Å². The molecule has 5 rings (SSSR count). The zero-order valence-electron chi connectivity index (χ0n) is 18.2.